The first-order chi connectivity index (χ1) is 18.9. The standard InChI is InChI=1S/C29H34FN3O5S/c1-20-12-14-39-27(20)18-32(16-21-6-8-22(30)9-7-21)28(34)19-33(17-24-5-4-13-38-24)29(35)31-25-11-10-23(36-2)15-26(25)37-3/h6-12,14-15,24H,4-5,13,16-19H2,1-3H3,(H,31,35). The number of nitrogens with one attached hydrogen (secondary N) is 1. The second kappa shape index (κ2) is 13.4. The largest absolute Gasteiger partial charge is 0.497 e. The SMILES string of the molecule is COc1ccc(NC(=O)N(CC(=O)N(Cc2ccc(F)cc2)Cc2sccc2C)CC2CCCO2)c(OC)c1. The third-order valence-electron chi connectivity index (χ3n) is 6.65. The number of hydrogen-bond donors (Lipinski definition) is 1. The minimum atomic E-state index is -0.434. The van der Waals surface area contributed by atoms with Crippen LogP contribution in [0, 0.1) is 12.7 Å². The number of halogens is 1. The number of hydrogen-bond acceptors (Lipinski definition) is 6. The molecule has 0 bridgehead atoms. The van der Waals surface area contributed by atoms with E-state index in [4.69, 9.17) is 14.2 Å². The first-order valence-corrected chi connectivity index (χ1v) is 13.7. The third-order valence-corrected chi connectivity index (χ3v) is 7.66. The summed E-state index contributed by atoms with van der Waals surface area (Å²) in [5.41, 5.74) is 2.36. The lowest BCUT2D eigenvalue weighted by molar-refractivity contribution is -0.133. The Balaban J connectivity index is 1.55. The van der Waals surface area contributed by atoms with Gasteiger partial charge in [0.2, 0.25) is 5.91 Å². The summed E-state index contributed by atoms with van der Waals surface area (Å²) in [6.45, 7) is 3.45. The average molecular weight is 556 g/mol. The lowest BCUT2D eigenvalue weighted by Crippen LogP contribution is -2.46. The maximum absolute atomic E-state index is 13.8. The molecule has 2 heterocycles. The van der Waals surface area contributed by atoms with Gasteiger partial charge >= 0.3 is 6.03 Å². The normalized spacial score (nSPS) is 14.6. The van der Waals surface area contributed by atoms with E-state index in [2.05, 4.69) is 5.32 Å². The lowest BCUT2D eigenvalue weighted by atomic mass is 10.2. The van der Waals surface area contributed by atoms with Gasteiger partial charge in [0.15, 0.2) is 0 Å². The van der Waals surface area contributed by atoms with Crippen LogP contribution in [0.1, 0.15) is 28.8 Å². The minimum absolute atomic E-state index is 0.143. The highest BCUT2D eigenvalue weighted by Gasteiger charge is 2.27. The van der Waals surface area contributed by atoms with Crippen LogP contribution in [0.25, 0.3) is 0 Å². The van der Waals surface area contributed by atoms with E-state index in [-0.39, 0.29) is 37.5 Å². The van der Waals surface area contributed by atoms with E-state index in [0.717, 1.165) is 28.8 Å². The molecule has 10 heteroatoms. The molecule has 1 aromatic heterocycles. The van der Waals surface area contributed by atoms with Crippen molar-refractivity contribution >= 4 is 29.0 Å². The van der Waals surface area contributed by atoms with Crippen LogP contribution < -0.4 is 14.8 Å². The number of urea groups is 1. The molecule has 208 valence electrons. The Morgan fingerprint density at radius 2 is 1.87 bits per heavy atom. The number of anilines is 1. The lowest BCUT2D eigenvalue weighted by Gasteiger charge is -2.29. The minimum Gasteiger partial charge on any atom is -0.497 e. The summed E-state index contributed by atoms with van der Waals surface area (Å²) >= 11 is 1.58. The summed E-state index contributed by atoms with van der Waals surface area (Å²) in [6, 6.07) is 12.8. The molecule has 1 aliphatic heterocycles. The zero-order chi connectivity index (χ0) is 27.8. The molecule has 1 unspecified atom stereocenters. The molecule has 3 amide bonds. The van der Waals surface area contributed by atoms with Crippen LogP contribution in [0.2, 0.25) is 0 Å². The predicted molar refractivity (Wildman–Crippen MR) is 149 cm³/mol. The molecule has 2 aromatic carbocycles. The predicted octanol–water partition coefficient (Wildman–Crippen LogP) is 5.45. The van der Waals surface area contributed by atoms with Gasteiger partial charge in [0.05, 0.1) is 32.6 Å². The Kier molecular flexibility index (Phi) is 9.78. The van der Waals surface area contributed by atoms with Crippen molar-refractivity contribution in [2.24, 2.45) is 0 Å². The maximum atomic E-state index is 13.8. The molecule has 3 aromatic rings. The van der Waals surface area contributed by atoms with Crippen LogP contribution in [-0.4, -0.2) is 61.8 Å². The van der Waals surface area contributed by atoms with Gasteiger partial charge in [0.1, 0.15) is 23.9 Å². The van der Waals surface area contributed by atoms with Crippen LogP contribution >= 0.6 is 11.3 Å². The zero-order valence-electron chi connectivity index (χ0n) is 22.4. The molecule has 0 aliphatic carbocycles. The highest BCUT2D eigenvalue weighted by molar-refractivity contribution is 7.10. The number of ether oxygens (including phenoxy) is 3. The number of benzene rings is 2. The van der Waals surface area contributed by atoms with Crippen molar-refractivity contribution in [3.05, 3.63) is 75.7 Å². The van der Waals surface area contributed by atoms with Crippen molar-refractivity contribution in [2.75, 3.05) is 39.2 Å². The van der Waals surface area contributed by atoms with E-state index in [1.54, 1.807) is 53.7 Å². The molecule has 0 saturated carbocycles. The fourth-order valence-electron chi connectivity index (χ4n) is 4.39. The Morgan fingerprint density at radius 3 is 2.51 bits per heavy atom. The molecule has 39 heavy (non-hydrogen) atoms. The van der Waals surface area contributed by atoms with Gasteiger partial charge in [0.25, 0.3) is 0 Å². The van der Waals surface area contributed by atoms with E-state index in [9.17, 15) is 14.0 Å². The number of nitrogens with zero attached hydrogens (tertiary/aromatic N) is 2. The fourth-order valence-corrected chi connectivity index (χ4v) is 5.32. The molecule has 1 aliphatic rings. The molecule has 4 rings (SSSR count). The van der Waals surface area contributed by atoms with Crippen molar-refractivity contribution in [1.82, 2.24) is 9.80 Å². The molecule has 8 nitrogen and oxygen atoms in total. The van der Waals surface area contributed by atoms with Crippen LogP contribution in [0.4, 0.5) is 14.9 Å². The number of rotatable bonds is 11. The van der Waals surface area contributed by atoms with Gasteiger partial charge in [-0.2, -0.15) is 0 Å². The Morgan fingerprint density at radius 1 is 1.08 bits per heavy atom. The summed E-state index contributed by atoms with van der Waals surface area (Å²) in [5, 5.41) is 4.87. The van der Waals surface area contributed by atoms with E-state index in [1.165, 1.54) is 24.1 Å². The van der Waals surface area contributed by atoms with Crippen LogP contribution in [0.5, 0.6) is 11.5 Å². The summed E-state index contributed by atoms with van der Waals surface area (Å²) in [4.78, 5) is 31.5. The maximum Gasteiger partial charge on any atom is 0.322 e. The topological polar surface area (TPSA) is 80.3 Å². The summed E-state index contributed by atoms with van der Waals surface area (Å²) < 4.78 is 30.0. The quantitative estimate of drug-likeness (QED) is 0.340. The van der Waals surface area contributed by atoms with Gasteiger partial charge in [-0.1, -0.05) is 12.1 Å². The Bertz CT molecular complexity index is 1260. The molecule has 0 radical (unpaired) electrons. The molecular formula is C29H34FN3O5S. The summed E-state index contributed by atoms with van der Waals surface area (Å²) in [5.74, 6) is 0.481. The fraction of sp³-hybridized carbons (Fsp3) is 0.379. The van der Waals surface area contributed by atoms with Crippen molar-refractivity contribution in [3.8, 4) is 11.5 Å². The van der Waals surface area contributed by atoms with Crippen molar-refractivity contribution in [1.29, 1.82) is 0 Å². The Labute approximate surface area is 232 Å². The molecular weight excluding hydrogens is 521 g/mol. The average Bonchev–Trinajstić information content (AvgIpc) is 3.60. The number of carbonyl (C=O) groups excluding carboxylic acids is 2. The smallest absolute Gasteiger partial charge is 0.322 e. The van der Waals surface area contributed by atoms with Gasteiger partial charge < -0.3 is 29.3 Å². The Hall–Kier alpha value is -3.63. The first-order valence-electron chi connectivity index (χ1n) is 12.8. The zero-order valence-corrected chi connectivity index (χ0v) is 23.3. The summed E-state index contributed by atoms with van der Waals surface area (Å²) in [7, 11) is 3.06. The van der Waals surface area contributed by atoms with E-state index < -0.39 is 6.03 Å². The molecule has 0 spiro atoms. The second-order valence-electron chi connectivity index (χ2n) is 9.41. The van der Waals surface area contributed by atoms with E-state index in [1.807, 2.05) is 18.4 Å². The summed E-state index contributed by atoms with van der Waals surface area (Å²) in [6.07, 6.45) is 1.58. The van der Waals surface area contributed by atoms with Crippen molar-refractivity contribution in [2.45, 2.75) is 39.0 Å². The number of amides is 3. The molecule has 1 atom stereocenters. The van der Waals surface area contributed by atoms with Crippen LogP contribution in [-0.2, 0) is 22.6 Å². The second-order valence-corrected chi connectivity index (χ2v) is 10.4. The van der Waals surface area contributed by atoms with Gasteiger partial charge in [-0.3, -0.25) is 4.79 Å². The van der Waals surface area contributed by atoms with Gasteiger partial charge in [-0.25, -0.2) is 9.18 Å². The van der Waals surface area contributed by atoms with Gasteiger partial charge in [0, 0.05) is 30.6 Å². The van der Waals surface area contributed by atoms with E-state index in [0.29, 0.717) is 30.3 Å². The highest BCUT2D eigenvalue weighted by Crippen LogP contribution is 2.29. The van der Waals surface area contributed by atoms with Crippen LogP contribution in [0.3, 0.4) is 0 Å². The highest BCUT2D eigenvalue weighted by atomic mass is 32.1. The van der Waals surface area contributed by atoms with Gasteiger partial charge in [-0.05, 0) is 66.6 Å². The molecule has 1 N–H and O–H groups in total. The monoisotopic (exact) mass is 555 g/mol. The van der Waals surface area contributed by atoms with E-state index >= 15 is 0 Å². The van der Waals surface area contributed by atoms with Gasteiger partial charge in [-0.15, -0.1) is 11.3 Å². The third kappa shape index (κ3) is 7.70. The van der Waals surface area contributed by atoms with Crippen LogP contribution in [0.15, 0.2) is 53.9 Å². The molecule has 1 fully saturated rings. The number of thiophene rings is 1. The van der Waals surface area contributed by atoms with Crippen molar-refractivity contribution < 1.29 is 28.2 Å². The molecule has 1 saturated heterocycles. The number of aryl methyl sites for hydroxylation is 1. The first kappa shape index (κ1) is 28.4. The number of methoxy groups -OCH3 is 2. The number of carbonyl (C=O) groups is 2. The van der Waals surface area contributed by atoms with Crippen molar-refractivity contribution in [3.63, 3.8) is 0 Å².